The fraction of sp³-hybridized carbons (Fsp3) is 1.00. The van der Waals surface area contributed by atoms with Crippen molar-refractivity contribution in [3.8, 4) is 0 Å². The van der Waals surface area contributed by atoms with E-state index in [0.29, 0.717) is 0 Å². The van der Waals surface area contributed by atoms with Gasteiger partial charge in [0.1, 0.15) is 0 Å². The van der Waals surface area contributed by atoms with Crippen LogP contribution in [0.4, 0.5) is 0 Å². The predicted molar refractivity (Wildman–Crippen MR) is 58.0 cm³/mol. The molecular formula is C12H21NO. The third-order valence-electron chi connectivity index (χ3n) is 4.33. The Bertz CT molecular complexity index is 200. The van der Waals surface area contributed by atoms with Gasteiger partial charge in [0.15, 0.2) is 0 Å². The Labute approximate surface area is 86.4 Å². The van der Waals surface area contributed by atoms with E-state index in [1.165, 1.54) is 32.1 Å². The summed E-state index contributed by atoms with van der Waals surface area (Å²) < 4.78 is 0. The zero-order valence-electron chi connectivity index (χ0n) is 9.11. The molecule has 2 fully saturated rings. The quantitative estimate of drug-likeness (QED) is 0.631. The van der Waals surface area contributed by atoms with Crippen LogP contribution in [0, 0.1) is 22.7 Å². The molecule has 2 aliphatic rings. The maximum atomic E-state index is 10.5. The topological polar surface area (TPSA) is 29.4 Å². The van der Waals surface area contributed by atoms with E-state index >= 15 is 0 Å². The molecule has 2 unspecified atom stereocenters. The number of rotatable bonds is 3. The molecule has 0 aromatic rings. The molecule has 0 aromatic heterocycles. The van der Waals surface area contributed by atoms with Crippen LogP contribution in [-0.2, 0) is 0 Å². The fourth-order valence-electron chi connectivity index (χ4n) is 3.03. The first-order valence-electron chi connectivity index (χ1n) is 6.12. The molecule has 0 spiro atoms. The van der Waals surface area contributed by atoms with Crippen LogP contribution in [-0.4, -0.2) is 6.04 Å². The van der Waals surface area contributed by atoms with Crippen molar-refractivity contribution in [1.82, 2.24) is 0 Å². The van der Waals surface area contributed by atoms with Gasteiger partial charge in [-0.1, -0.05) is 31.4 Å². The minimum absolute atomic E-state index is 0.127. The summed E-state index contributed by atoms with van der Waals surface area (Å²) in [7, 11) is 0. The molecule has 0 aliphatic heterocycles. The van der Waals surface area contributed by atoms with Crippen molar-refractivity contribution in [3.05, 3.63) is 4.91 Å². The van der Waals surface area contributed by atoms with Gasteiger partial charge in [0.25, 0.3) is 0 Å². The summed E-state index contributed by atoms with van der Waals surface area (Å²) in [6, 6.07) is 0.127. The van der Waals surface area contributed by atoms with E-state index in [1.807, 2.05) is 0 Å². The van der Waals surface area contributed by atoms with Gasteiger partial charge < -0.3 is 0 Å². The second kappa shape index (κ2) is 4.41. The SMILES string of the molecule is CC1CC(N=O)CC[C@@H]1CC1CCC1. The Morgan fingerprint density at radius 1 is 1.21 bits per heavy atom. The molecule has 14 heavy (non-hydrogen) atoms. The highest BCUT2D eigenvalue weighted by Crippen LogP contribution is 2.40. The molecule has 0 aromatic carbocycles. The molecule has 3 atom stereocenters. The lowest BCUT2D eigenvalue weighted by molar-refractivity contribution is 0.159. The summed E-state index contributed by atoms with van der Waals surface area (Å²) in [6.45, 7) is 2.31. The Kier molecular flexibility index (Phi) is 3.19. The molecule has 2 nitrogen and oxygen atoms in total. The number of nitrogens with zero attached hydrogens (tertiary/aromatic N) is 1. The zero-order valence-corrected chi connectivity index (χ0v) is 9.11. The van der Waals surface area contributed by atoms with E-state index in [2.05, 4.69) is 12.1 Å². The third kappa shape index (κ3) is 2.15. The van der Waals surface area contributed by atoms with Gasteiger partial charge in [0.2, 0.25) is 0 Å². The summed E-state index contributed by atoms with van der Waals surface area (Å²) in [5, 5.41) is 3.20. The van der Waals surface area contributed by atoms with Crippen LogP contribution in [0.15, 0.2) is 5.18 Å². The molecule has 0 bridgehead atoms. The number of hydrogen-bond acceptors (Lipinski definition) is 2. The second-order valence-corrected chi connectivity index (χ2v) is 5.34. The summed E-state index contributed by atoms with van der Waals surface area (Å²) >= 11 is 0. The van der Waals surface area contributed by atoms with Crippen molar-refractivity contribution in [2.45, 2.75) is 57.9 Å². The Hall–Kier alpha value is -0.400. The second-order valence-electron chi connectivity index (χ2n) is 5.34. The Morgan fingerprint density at radius 3 is 2.50 bits per heavy atom. The van der Waals surface area contributed by atoms with Crippen molar-refractivity contribution in [2.24, 2.45) is 22.9 Å². The lowest BCUT2D eigenvalue weighted by Crippen LogP contribution is -2.28. The normalized spacial score (nSPS) is 39.1. The molecule has 2 heteroatoms. The third-order valence-corrected chi connectivity index (χ3v) is 4.33. The monoisotopic (exact) mass is 195 g/mol. The summed E-state index contributed by atoms with van der Waals surface area (Å²) in [4.78, 5) is 10.5. The van der Waals surface area contributed by atoms with Crippen LogP contribution in [0.1, 0.15) is 51.9 Å². The standard InChI is InChI=1S/C12H21NO/c1-9-7-12(13-14)6-5-11(9)8-10-3-2-4-10/h9-12H,2-8H2,1H3/t9?,11-,12?/m1/s1. The smallest absolute Gasteiger partial charge is 0.0922 e. The Balaban J connectivity index is 1.79. The first-order chi connectivity index (χ1) is 6.79. The molecule has 0 amide bonds. The van der Waals surface area contributed by atoms with Crippen LogP contribution >= 0.6 is 0 Å². The van der Waals surface area contributed by atoms with Gasteiger partial charge in [-0.2, -0.15) is 4.91 Å². The maximum absolute atomic E-state index is 10.5. The molecule has 0 N–H and O–H groups in total. The van der Waals surface area contributed by atoms with Gasteiger partial charge >= 0.3 is 0 Å². The van der Waals surface area contributed by atoms with E-state index in [9.17, 15) is 4.91 Å². The van der Waals surface area contributed by atoms with Gasteiger partial charge in [-0.3, -0.25) is 0 Å². The van der Waals surface area contributed by atoms with Crippen LogP contribution in [0.3, 0.4) is 0 Å². The van der Waals surface area contributed by atoms with Crippen molar-refractivity contribution in [2.75, 3.05) is 0 Å². The number of nitroso groups, excluding NO2 is 1. The minimum atomic E-state index is 0.127. The summed E-state index contributed by atoms with van der Waals surface area (Å²) in [5.74, 6) is 2.63. The van der Waals surface area contributed by atoms with E-state index in [-0.39, 0.29) is 6.04 Å². The average Bonchev–Trinajstić information content (AvgIpc) is 2.13. The van der Waals surface area contributed by atoms with Gasteiger partial charge in [-0.25, -0.2) is 0 Å². The highest BCUT2D eigenvalue weighted by Gasteiger charge is 2.31. The zero-order chi connectivity index (χ0) is 9.97. The lowest BCUT2D eigenvalue weighted by Gasteiger charge is -2.36. The van der Waals surface area contributed by atoms with Crippen molar-refractivity contribution in [1.29, 1.82) is 0 Å². The van der Waals surface area contributed by atoms with Crippen LogP contribution in [0.5, 0.6) is 0 Å². The first kappa shape index (κ1) is 10.1. The molecule has 0 radical (unpaired) electrons. The van der Waals surface area contributed by atoms with Crippen LogP contribution in [0.25, 0.3) is 0 Å². The highest BCUT2D eigenvalue weighted by molar-refractivity contribution is 4.84. The Morgan fingerprint density at radius 2 is 2.00 bits per heavy atom. The van der Waals surface area contributed by atoms with Gasteiger partial charge in [-0.05, 0) is 43.4 Å². The van der Waals surface area contributed by atoms with Crippen molar-refractivity contribution < 1.29 is 0 Å². The van der Waals surface area contributed by atoms with Gasteiger partial charge in [-0.15, -0.1) is 0 Å². The van der Waals surface area contributed by atoms with E-state index in [1.54, 1.807) is 0 Å². The summed E-state index contributed by atoms with van der Waals surface area (Å²) in [5.41, 5.74) is 0. The van der Waals surface area contributed by atoms with Gasteiger partial charge in [0.05, 0.1) is 6.04 Å². The van der Waals surface area contributed by atoms with Crippen LogP contribution in [0.2, 0.25) is 0 Å². The molecule has 2 aliphatic carbocycles. The molecule has 0 saturated heterocycles. The predicted octanol–water partition coefficient (Wildman–Crippen LogP) is 3.75. The van der Waals surface area contributed by atoms with E-state index < -0.39 is 0 Å². The van der Waals surface area contributed by atoms with E-state index in [4.69, 9.17) is 0 Å². The molecule has 80 valence electrons. The molecule has 2 saturated carbocycles. The minimum Gasteiger partial charge on any atom is -0.151 e. The molecule has 0 heterocycles. The highest BCUT2D eigenvalue weighted by atomic mass is 16.3. The van der Waals surface area contributed by atoms with Crippen LogP contribution < -0.4 is 0 Å². The lowest BCUT2D eigenvalue weighted by atomic mass is 9.70. The molecular weight excluding hydrogens is 174 g/mol. The first-order valence-corrected chi connectivity index (χ1v) is 6.12. The van der Waals surface area contributed by atoms with Gasteiger partial charge in [0, 0.05) is 0 Å². The summed E-state index contributed by atoms with van der Waals surface area (Å²) in [6.07, 6.45) is 9.12. The fourth-order valence-corrected chi connectivity index (χ4v) is 3.03. The van der Waals surface area contributed by atoms with Crippen molar-refractivity contribution in [3.63, 3.8) is 0 Å². The van der Waals surface area contributed by atoms with E-state index in [0.717, 1.165) is 30.6 Å². The number of hydrogen-bond donors (Lipinski definition) is 0. The largest absolute Gasteiger partial charge is 0.151 e. The molecule has 2 rings (SSSR count). The maximum Gasteiger partial charge on any atom is 0.0922 e. The average molecular weight is 195 g/mol. The van der Waals surface area contributed by atoms with Crippen molar-refractivity contribution >= 4 is 0 Å².